The van der Waals surface area contributed by atoms with Crippen LogP contribution in [0.5, 0.6) is 0 Å². The van der Waals surface area contributed by atoms with Gasteiger partial charge in [-0.25, -0.2) is 0 Å². The van der Waals surface area contributed by atoms with Crippen LogP contribution in [0.3, 0.4) is 0 Å². The molecule has 36 heavy (non-hydrogen) atoms. The lowest BCUT2D eigenvalue weighted by atomic mass is 9.96. The number of aryl methyl sites for hydroxylation is 1. The molecule has 4 heterocycles. The molecule has 6 rings (SSSR count). The van der Waals surface area contributed by atoms with Crippen LogP contribution in [0.15, 0.2) is 73.1 Å². The van der Waals surface area contributed by atoms with Crippen molar-refractivity contribution in [2.24, 2.45) is 0 Å². The number of amides is 2. The number of carbonyl (C=O) groups excluding carboxylic acids is 2. The van der Waals surface area contributed by atoms with E-state index >= 15 is 0 Å². The predicted octanol–water partition coefficient (Wildman–Crippen LogP) is 3.93. The molecule has 1 atom stereocenters. The van der Waals surface area contributed by atoms with Gasteiger partial charge < -0.3 is 19.7 Å². The fourth-order valence-electron chi connectivity index (χ4n) is 5.75. The third-order valence-corrected chi connectivity index (χ3v) is 7.45. The van der Waals surface area contributed by atoms with Crippen molar-refractivity contribution in [3.05, 3.63) is 95.4 Å². The number of benzene rings is 2. The minimum absolute atomic E-state index is 0.0293. The summed E-state index contributed by atoms with van der Waals surface area (Å²) in [5, 5.41) is 4.27. The first kappa shape index (κ1) is 22.3. The molecule has 182 valence electrons. The number of hydrogen-bond acceptors (Lipinski definition) is 4. The zero-order chi connectivity index (χ0) is 24.6. The number of nitrogens with one attached hydrogen (secondary N) is 1. The highest BCUT2D eigenvalue weighted by Crippen LogP contribution is 2.44. The van der Waals surface area contributed by atoms with Gasteiger partial charge in [0.05, 0.1) is 16.9 Å². The van der Waals surface area contributed by atoms with Gasteiger partial charge in [0.1, 0.15) is 6.17 Å². The Bertz CT molecular complexity index is 1440. The van der Waals surface area contributed by atoms with Crippen molar-refractivity contribution >= 4 is 28.4 Å². The molecule has 7 heteroatoms. The lowest BCUT2D eigenvalue weighted by Crippen LogP contribution is -2.51. The van der Waals surface area contributed by atoms with Gasteiger partial charge in [-0.15, -0.1) is 0 Å². The molecule has 0 saturated heterocycles. The lowest BCUT2D eigenvalue weighted by molar-refractivity contribution is -0.121. The number of carbonyl (C=O) groups is 2. The highest BCUT2D eigenvalue weighted by molar-refractivity contribution is 6.02. The van der Waals surface area contributed by atoms with E-state index in [0.717, 1.165) is 40.9 Å². The second kappa shape index (κ2) is 9.15. The van der Waals surface area contributed by atoms with E-state index in [9.17, 15) is 9.59 Å². The van der Waals surface area contributed by atoms with Gasteiger partial charge in [-0.3, -0.25) is 14.6 Å². The summed E-state index contributed by atoms with van der Waals surface area (Å²) in [7, 11) is 2.06. The average Bonchev–Trinajstić information content (AvgIpc) is 3.24. The summed E-state index contributed by atoms with van der Waals surface area (Å²) in [5.41, 5.74) is 6.37. The predicted molar refractivity (Wildman–Crippen MR) is 140 cm³/mol. The molecule has 4 aromatic rings. The molecule has 0 fully saturated rings. The van der Waals surface area contributed by atoms with Gasteiger partial charge in [-0.05, 0) is 54.3 Å². The van der Waals surface area contributed by atoms with Crippen LogP contribution in [0.4, 0.5) is 5.69 Å². The Kier molecular flexibility index (Phi) is 5.68. The van der Waals surface area contributed by atoms with E-state index in [1.165, 1.54) is 10.9 Å². The topological polar surface area (TPSA) is 70.5 Å². The van der Waals surface area contributed by atoms with Crippen LogP contribution in [0.25, 0.3) is 10.9 Å². The van der Waals surface area contributed by atoms with Gasteiger partial charge in [0.2, 0.25) is 5.91 Å². The SMILES string of the molecule is CN1c2ccccc2C(=O)N2CCc3c(n(CCC(=O)NCCc4ccncc4)c4ccccc34)[C@@H]21. The number of para-hydroxylation sites is 2. The van der Waals surface area contributed by atoms with Gasteiger partial charge in [0.25, 0.3) is 5.91 Å². The molecule has 2 aromatic heterocycles. The van der Waals surface area contributed by atoms with E-state index in [1.54, 1.807) is 12.4 Å². The second-order valence-electron chi connectivity index (χ2n) is 9.49. The Morgan fingerprint density at radius 1 is 1.06 bits per heavy atom. The standard InChI is InChI=1S/C29H29N5O2/c1-32-24-8-4-3-7-23(24)29(36)34-18-13-22-21-6-2-5-9-25(21)33(27(22)28(32)34)19-14-26(35)31-17-12-20-10-15-30-16-11-20/h2-11,15-16,28H,12-14,17-19H2,1H3,(H,31,35)/t28-/m1/s1. The summed E-state index contributed by atoms with van der Waals surface area (Å²) < 4.78 is 2.27. The lowest BCUT2D eigenvalue weighted by Gasteiger charge is -2.46. The van der Waals surface area contributed by atoms with Crippen molar-refractivity contribution in [3.63, 3.8) is 0 Å². The van der Waals surface area contributed by atoms with E-state index in [1.807, 2.05) is 47.4 Å². The number of anilines is 1. The third kappa shape index (κ3) is 3.71. The molecule has 7 nitrogen and oxygen atoms in total. The number of pyridine rings is 1. The number of aromatic nitrogens is 2. The van der Waals surface area contributed by atoms with Crippen LogP contribution in [-0.2, 0) is 24.2 Å². The minimum Gasteiger partial charge on any atom is -0.356 e. The van der Waals surface area contributed by atoms with Crippen molar-refractivity contribution in [2.45, 2.75) is 32.0 Å². The van der Waals surface area contributed by atoms with Gasteiger partial charge in [-0.1, -0.05) is 30.3 Å². The monoisotopic (exact) mass is 479 g/mol. The number of nitrogens with zero attached hydrogens (tertiary/aromatic N) is 4. The first-order valence-corrected chi connectivity index (χ1v) is 12.5. The van der Waals surface area contributed by atoms with Crippen molar-refractivity contribution in [1.82, 2.24) is 19.8 Å². The van der Waals surface area contributed by atoms with Gasteiger partial charge in [0.15, 0.2) is 0 Å². The van der Waals surface area contributed by atoms with Crippen LogP contribution < -0.4 is 10.2 Å². The third-order valence-electron chi connectivity index (χ3n) is 7.45. The number of rotatable bonds is 6. The van der Waals surface area contributed by atoms with Crippen LogP contribution in [0.1, 0.15) is 39.8 Å². The summed E-state index contributed by atoms with van der Waals surface area (Å²) >= 11 is 0. The molecule has 1 N–H and O–H groups in total. The van der Waals surface area contributed by atoms with Crippen LogP contribution >= 0.6 is 0 Å². The zero-order valence-corrected chi connectivity index (χ0v) is 20.4. The molecule has 2 amide bonds. The molecule has 2 aliphatic heterocycles. The molecule has 0 unspecified atom stereocenters. The molecule has 0 aliphatic carbocycles. The minimum atomic E-state index is -0.196. The van der Waals surface area contributed by atoms with E-state index in [2.05, 4.69) is 45.0 Å². The maximum atomic E-state index is 13.5. The smallest absolute Gasteiger partial charge is 0.257 e. The van der Waals surface area contributed by atoms with Crippen molar-refractivity contribution in [1.29, 1.82) is 0 Å². The summed E-state index contributed by atoms with van der Waals surface area (Å²) in [5.74, 6) is 0.103. The van der Waals surface area contributed by atoms with E-state index in [0.29, 0.717) is 26.1 Å². The molecule has 0 radical (unpaired) electrons. The number of hydrogen-bond donors (Lipinski definition) is 1. The molecular weight excluding hydrogens is 450 g/mol. The maximum absolute atomic E-state index is 13.5. The largest absolute Gasteiger partial charge is 0.356 e. The first-order chi connectivity index (χ1) is 17.6. The Hall–Kier alpha value is -4.13. The zero-order valence-electron chi connectivity index (χ0n) is 20.4. The van der Waals surface area contributed by atoms with Crippen molar-refractivity contribution in [2.75, 3.05) is 25.0 Å². The average molecular weight is 480 g/mol. The summed E-state index contributed by atoms with van der Waals surface area (Å²) in [6.07, 6.45) is 5.30. The Morgan fingerprint density at radius 3 is 2.69 bits per heavy atom. The quantitative estimate of drug-likeness (QED) is 0.455. The highest BCUT2D eigenvalue weighted by atomic mass is 16.2. The van der Waals surface area contributed by atoms with Gasteiger partial charge in [0, 0.05) is 56.4 Å². The number of fused-ring (bicyclic) bond motifs is 6. The van der Waals surface area contributed by atoms with E-state index in [-0.39, 0.29) is 18.0 Å². The van der Waals surface area contributed by atoms with E-state index in [4.69, 9.17) is 0 Å². The Balaban J connectivity index is 1.29. The van der Waals surface area contributed by atoms with Gasteiger partial charge >= 0.3 is 0 Å². The fourth-order valence-corrected chi connectivity index (χ4v) is 5.75. The fraction of sp³-hybridized carbons (Fsp3) is 0.276. The Morgan fingerprint density at radius 2 is 1.83 bits per heavy atom. The molecule has 0 bridgehead atoms. The Labute approximate surface area is 210 Å². The molecule has 2 aliphatic rings. The summed E-state index contributed by atoms with van der Waals surface area (Å²) in [6.45, 7) is 1.83. The summed E-state index contributed by atoms with van der Waals surface area (Å²) in [4.78, 5) is 34.5. The summed E-state index contributed by atoms with van der Waals surface area (Å²) in [6, 6.07) is 20.2. The van der Waals surface area contributed by atoms with Crippen molar-refractivity contribution < 1.29 is 9.59 Å². The van der Waals surface area contributed by atoms with Gasteiger partial charge in [-0.2, -0.15) is 0 Å². The van der Waals surface area contributed by atoms with Crippen molar-refractivity contribution in [3.8, 4) is 0 Å². The van der Waals surface area contributed by atoms with Crippen LogP contribution in [0, 0.1) is 0 Å². The second-order valence-corrected chi connectivity index (χ2v) is 9.49. The van der Waals surface area contributed by atoms with Crippen LogP contribution in [0.2, 0.25) is 0 Å². The molecule has 0 spiro atoms. The highest BCUT2D eigenvalue weighted by Gasteiger charge is 2.42. The van der Waals surface area contributed by atoms with Crippen LogP contribution in [-0.4, -0.2) is 46.4 Å². The molecule has 2 aromatic carbocycles. The molecular formula is C29H29N5O2. The van der Waals surface area contributed by atoms with E-state index < -0.39 is 0 Å². The first-order valence-electron chi connectivity index (χ1n) is 12.5. The normalized spacial score (nSPS) is 16.5. The molecule has 0 saturated carbocycles. The maximum Gasteiger partial charge on any atom is 0.257 e.